The van der Waals surface area contributed by atoms with Crippen LogP contribution in [-0.4, -0.2) is 71.1 Å². The predicted octanol–water partition coefficient (Wildman–Crippen LogP) is 2.02. The highest BCUT2D eigenvalue weighted by Gasteiger charge is 2.41. The summed E-state index contributed by atoms with van der Waals surface area (Å²) in [6.07, 6.45) is 7.74. The Hall–Kier alpha value is -1.89. The minimum Gasteiger partial charge on any atom is -0.383 e. The van der Waals surface area contributed by atoms with E-state index in [2.05, 4.69) is 16.5 Å². The van der Waals surface area contributed by atoms with Gasteiger partial charge in [-0.3, -0.25) is 9.59 Å². The van der Waals surface area contributed by atoms with Gasteiger partial charge in [-0.05, 0) is 38.5 Å². The molecule has 0 aromatic carbocycles. The lowest BCUT2D eigenvalue weighted by Gasteiger charge is -2.47. The fourth-order valence-corrected chi connectivity index (χ4v) is 4.48. The third-order valence-corrected chi connectivity index (χ3v) is 6.30. The second-order valence-corrected chi connectivity index (χ2v) is 8.12. The lowest BCUT2D eigenvalue weighted by molar-refractivity contribution is -0.143. The summed E-state index contributed by atoms with van der Waals surface area (Å²) in [5.41, 5.74) is 0.172. The van der Waals surface area contributed by atoms with Crippen LogP contribution >= 0.6 is 0 Å². The first-order valence-electron chi connectivity index (χ1n) is 9.98. The number of aryl methyl sites for hydroxylation is 1. The summed E-state index contributed by atoms with van der Waals surface area (Å²) in [5.74, 6) is 1.39. The maximum Gasteiger partial charge on any atom is 0.224 e. The number of likely N-dealkylation sites (tertiary alicyclic amines) is 2. The van der Waals surface area contributed by atoms with Crippen LogP contribution in [0.4, 0.5) is 0 Å². The molecule has 0 radical (unpaired) electrons. The molecule has 1 spiro atoms. The number of hydrogen-bond acceptors (Lipinski definition) is 4. The quantitative estimate of drug-likeness (QED) is 0.762. The lowest BCUT2D eigenvalue weighted by Crippen LogP contribution is -2.53. The largest absolute Gasteiger partial charge is 0.383 e. The van der Waals surface area contributed by atoms with Gasteiger partial charge in [0.2, 0.25) is 11.8 Å². The minimum atomic E-state index is 0.118. The van der Waals surface area contributed by atoms with E-state index in [4.69, 9.17) is 4.74 Å². The Bertz CT molecular complexity index is 664. The molecule has 7 heteroatoms. The summed E-state index contributed by atoms with van der Waals surface area (Å²) >= 11 is 0. The minimum absolute atomic E-state index is 0.118. The van der Waals surface area contributed by atoms with Crippen molar-refractivity contribution in [1.29, 1.82) is 0 Å². The molecule has 0 bridgehead atoms. The van der Waals surface area contributed by atoms with Crippen molar-refractivity contribution in [3.8, 4) is 0 Å². The predicted molar refractivity (Wildman–Crippen MR) is 102 cm³/mol. The average Bonchev–Trinajstić information content (AvgIpc) is 3.09. The van der Waals surface area contributed by atoms with E-state index in [1.165, 1.54) is 0 Å². The Morgan fingerprint density at radius 3 is 2.70 bits per heavy atom. The van der Waals surface area contributed by atoms with Gasteiger partial charge in [0.05, 0.1) is 6.61 Å². The number of carbonyl (C=O) groups excluding carboxylic acids is 2. The maximum absolute atomic E-state index is 12.8. The molecule has 150 valence electrons. The molecule has 3 rings (SSSR count). The third-order valence-electron chi connectivity index (χ3n) is 6.30. The van der Waals surface area contributed by atoms with Crippen molar-refractivity contribution in [2.24, 2.45) is 5.41 Å². The molecule has 0 saturated carbocycles. The molecule has 1 aromatic rings. The van der Waals surface area contributed by atoms with E-state index in [0.29, 0.717) is 26.0 Å². The number of aromatic nitrogens is 2. The smallest absolute Gasteiger partial charge is 0.224 e. The molecule has 1 atom stereocenters. The van der Waals surface area contributed by atoms with Gasteiger partial charge in [0.25, 0.3) is 0 Å². The van der Waals surface area contributed by atoms with Gasteiger partial charge in [0.15, 0.2) is 0 Å². The highest BCUT2D eigenvalue weighted by molar-refractivity contribution is 5.78. The van der Waals surface area contributed by atoms with Crippen LogP contribution in [0.1, 0.15) is 50.9 Å². The number of ether oxygens (including phenoxy) is 1. The Labute approximate surface area is 161 Å². The second-order valence-electron chi connectivity index (χ2n) is 8.12. The number of methoxy groups -OCH3 is 1. The number of carbonyl (C=O) groups is 2. The molecule has 0 unspecified atom stereocenters. The zero-order valence-corrected chi connectivity index (χ0v) is 16.8. The molecule has 27 heavy (non-hydrogen) atoms. The molecular formula is C20H32N4O3. The van der Waals surface area contributed by atoms with Crippen molar-refractivity contribution in [1.82, 2.24) is 19.4 Å². The van der Waals surface area contributed by atoms with E-state index in [9.17, 15) is 9.59 Å². The Morgan fingerprint density at radius 1 is 1.33 bits per heavy atom. The normalized spacial score (nSPS) is 20.9. The van der Waals surface area contributed by atoms with Gasteiger partial charge >= 0.3 is 0 Å². The molecule has 2 aliphatic rings. The van der Waals surface area contributed by atoms with Gasteiger partial charge in [-0.1, -0.05) is 0 Å². The standard InChI is InChI=1S/C20H32N4O3/c1-16(24-11-8-21-17(24)2)14-19(26)22-9-6-20(7-10-22)5-4-18(25)23(15-20)12-13-27-3/h8,11,16H,4-7,9-10,12-15H2,1-3H3/t16-/m1/s1. The van der Waals surface area contributed by atoms with Gasteiger partial charge in [0, 0.05) is 64.6 Å². The molecule has 3 heterocycles. The SMILES string of the molecule is COCCN1CC2(CCC1=O)CCN(C(=O)C[C@@H](C)n1ccnc1C)CC2. The van der Waals surface area contributed by atoms with Crippen molar-refractivity contribution in [2.45, 2.75) is 52.0 Å². The monoisotopic (exact) mass is 376 g/mol. The summed E-state index contributed by atoms with van der Waals surface area (Å²) in [6, 6.07) is 0.118. The van der Waals surface area contributed by atoms with E-state index in [0.717, 1.165) is 44.7 Å². The number of hydrogen-bond donors (Lipinski definition) is 0. The molecule has 2 amide bonds. The lowest BCUT2D eigenvalue weighted by atomic mass is 9.72. The molecule has 7 nitrogen and oxygen atoms in total. The average molecular weight is 377 g/mol. The first-order chi connectivity index (χ1) is 12.9. The van der Waals surface area contributed by atoms with E-state index >= 15 is 0 Å². The molecule has 2 fully saturated rings. The Kier molecular flexibility index (Phi) is 6.19. The molecule has 2 aliphatic heterocycles. The number of imidazole rings is 1. The van der Waals surface area contributed by atoms with Gasteiger partial charge in [-0.25, -0.2) is 4.98 Å². The molecule has 2 saturated heterocycles. The number of nitrogens with zero attached hydrogens (tertiary/aromatic N) is 4. The van der Waals surface area contributed by atoms with Crippen LogP contribution in [0.25, 0.3) is 0 Å². The van der Waals surface area contributed by atoms with E-state index in [1.807, 2.05) is 22.9 Å². The van der Waals surface area contributed by atoms with Crippen LogP contribution in [0.3, 0.4) is 0 Å². The first-order valence-corrected chi connectivity index (χ1v) is 9.98. The molecule has 0 N–H and O–H groups in total. The van der Waals surface area contributed by atoms with Crippen LogP contribution in [0.15, 0.2) is 12.4 Å². The summed E-state index contributed by atoms with van der Waals surface area (Å²) in [6.45, 7) is 7.67. The van der Waals surface area contributed by atoms with Gasteiger partial charge in [-0.15, -0.1) is 0 Å². The number of amides is 2. The highest BCUT2D eigenvalue weighted by atomic mass is 16.5. The fraction of sp³-hybridized carbons (Fsp3) is 0.750. The van der Waals surface area contributed by atoms with Crippen LogP contribution in [0.5, 0.6) is 0 Å². The summed E-state index contributed by atoms with van der Waals surface area (Å²) in [4.78, 5) is 33.1. The van der Waals surface area contributed by atoms with Crippen LogP contribution in [-0.2, 0) is 14.3 Å². The van der Waals surface area contributed by atoms with Gasteiger partial charge in [-0.2, -0.15) is 0 Å². The van der Waals surface area contributed by atoms with Crippen molar-refractivity contribution in [3.05, 3.63) is 18.2 Å². The summed E-state index contributed by atoms with van der Waals surface area (Å²) in [7, 11) is 1.67. The third kappa shape index (κ3) is 4.51. The number of rotatable bonds is 6. The van der Waals surface area contributed by atoms with Crippen LogP contribution in [0.2, 0.25) is 0 Å². The fourth-order valence-electron chi connectivity index (χ4n) is 4.48. The highest BCUT2D eigenvalue weighted by Crippen LogP contribution is 2.40. The van der Waals surface area contributed by atoms with E-state index < -0.39 is 0 Å². The molecule has 1 aromatic heterocycles. The molecule has 0 aliphatic carbocycles. The van der Waals surface area contributed by atoms with Crippen molar-refractivity contribution in [2.75, 3.05) is 39.9 Å². The van der Waals surface area contributed by atoms with Crippen molar-refractivity contribution in [3.63, 3.8) is 0 Å². The molecular weight excluding hydrogens is 344 g/mol. The van der Waals surface area contributed by atoms with Crippen molar-refractivity contribution >= 4 is 11.8 Å². The Balaban J connectivity index is 1.52. The van der Waals surface area contributed by atoms with E-state index in [1.54, 1.807) is 13.3 Å². The second kappa shape index (κ2) is 8.42. The number of piperidine rings is 2. The summed E-state index contributed by atoms with van der Waals surface area (Å²) < 4.78 is 7.20. The van der Waals surface area contributed by atoms with Crippen LogP contribution in [0, 0.1) is 12.3 Å². The maximum atomic E-state index is 12.8. The topological polar surface area (TPSA) is 67.7 Å². The zero-order valence-electron chi connectivity index (χ0n) is 16.8. The van der Waals surface area contributed by atoms with E-state index in [-0.39, 0.29) is 23.3 Å². The van der Waals surface area contributed by atoms with Crippen LogP contribution < -0.4 is 0 Å². The van der Waals surface area contributed by atoms with Crippen molar-refractivity contribution < 1.29 is 14.3 Å². The first kappa shape index (κ1) is 19.9. The zero-order chi connectivity index (χ0) is 19.4. The summed E-state index contributed by atoms with van der Waals surface area (Å²) in [5, 5.41) is 0. The Morgan fingerprint density at radius 2 is 2.07 bits per heavy atom. The van der Waals surface area contributed by atoms with Gasteiger partial charge in [0.1, 0.15) is 5.82 Å². The van der Waals surface area contributed by atoms with Gasteiger partial charge < -0.3 is 19.1 Å².